The third-order valence-electron chi connectivity index (χ3n) is 3.55. The largest absolute Gasteiger partial charge is 0.468 e. The number of likely N-dealkylation sites (tertiary alicyclic amines) is 1. The van der Waals surface area contributed by atoms with Crippen molar-refractivity contribution < 1.29 is 9.53 Å². The summed E-state index contributed by atoms with van der Waals surface area (Å²) in [5, 5.41) is 0. The molecule has 0 aliphatic carbocycles. The molecular formula is C12H24N2O2. The highest BCUT2D eigenvalue weighted by Gasteiger charge is 2.31. The molecule has 4 nitrogen and oxygen atoms in total. The van der Waals surface area contributed by atoms with Crippen molar-refractivity contribution in [1.82, 2.24) is 4.90 Å². The summed E-state index contributed by atoms with van der Waals surface area (Å²) in [5.74, 6) is 0.501. The van der Waals surface area contributed by atoms with Gasteiger partial charge < -0.3 is 15.4 Å². The minimum absolute atomic E-state index is 0.321. The average Bonchev–Trinajstić information content (AvgIpc) is 2.73. The highest BCUT2D eigenvalue weighted by molar-refractivity contribution is 5.79. The van der Waals surface area contributed by atoms with E-state index in [0.717, 1.165) is 25.6 Å². The zero-order chi connectivity index (χ0) is 12.2. The van der Waals surface area contributed by atoms with E-state index in [1.165, 1.54) is 20.0 Å². The van der Waals surface area contributed by atoms with Gasteiger partial charge in [0.25, 0.3) is 0 Å². The van der Waals surface area contributed by atoms with Crippen LogP contribution in [-0.4, -0.2) is 43.2 Å². The van der Waals surface area contributed by atoms with Crippen LogP contribution < -0.4 is 5.73 Å². The van der Waals surface area contributed by atoms with Crippen LogP contribution in [0.5, 0.6) is 0 Å². The number of methoxy groups -OCH3 is 1. The van der Waals surface area contributed by atoms with Gasteiger partial charge in [-0.3, -0.25) is 4.79 Å². The van der Waals surface area contributed by atoms with E-state index in [1.54, 1.807) is 6.92 Å². The van der Waals surface area contributed by atoms with Gasteiger partial charge in [-0.15, -0.1) is 0 Å². The summed E-state index contributed by atoms with van der Waals surface area (Å²) >= 11 is 0. The third kappa shape index (κ3) is 3.46. The smallest absolute Gasteiger partial charge is 0.325 e. The first kappa shape index (κ1) is 13.5. The normalized spacial score (nSPS) is 25.4. The van der Waals surface area contributed by atoms with E-state index in [9.17, 15) is 4.79 Å². The van der Waals surface area contributed by atoms with E-state index in [2.05, 4.69) is 11.8 Å². The molecule has 1 aliphatic rings. The Hall–Kier alpha value is -0.610. The van der Waals surface area contributed by atoms with Crippen molar-refractivity contribution in [3.63, 3.8) is 0 Å². The number of nitrogens with two attached hydrogens (primary N) is 1. The van der Waals surface area contributed by atoms with Crippen molar-refractivity contribution in [2.45, 2.75) is 38.6 Å². The summed E-state index contributed by atoms with van der Waals surface area (Å²) in [6.07, 6.45) is 3.18. The summed E-state index contributed by atoms with van der Waals surface area (Å²) < 4.78 is 4.69. The van der Waals surface area contributed by atoms with Crippen LogP contribution in [0, 0.1) is 5.92 Å². The first-order valence-electron chi connectivity index (χ1n) is 6.09. The van der Waals surface area contributed by atoms with Crippen molar-refractivity contribution in [2.75, 3.05) is 26.7 Å². The molecule has 2 unspecified atom stereocenters. The Labute approximate surface area is 98.1 Å². The minimum atomic E-state index is -0.848. The Balaban J connectivity index is 2.32. The number of nitrogens with zero attached hydrogens (tertiary/aromatic N) is 1. The molecule has 1 saturated heterocycles. The van der Waals surface area contributed by atoms with Gasteiger partial charge in [0.15, 0.2) is 0 Å². The second-order valence-corrected chi connectivity index (χ2v) is 5.02. The SMILES string of the molecule is CCC1CCN(CCC(C)(N)C(=O)OC)C1. The predicted octanol–water partition coefficient (Wildman–Crippen LogP) is 0.999. The maximum absolute atomic E-state index is 11.4. The van der Waals surface area contributed by atoms with Gasteiger partial charge in [-0.1, -0.05) is 13.3 Å². The number of hydrogen-bond acceptors (Lipinski definition) is 4. The first-order chi connectivity index (χ1) is 7.49. The molecule has 0 bridgehead atoms. The Morgan fingerprint density at radius 2 is 2.31 bits per heavy atom. The molecule has 4 heteroatoms. The number of esters is 1. The molecule has 16 heavy (non-hydrogen) atoms. The number of hydrogen-bond donors (Lipinski definition) is 1. The van der Waals surface area contributed by atoms with Crippen molar-refractivity contribution in [2.24, 2.45) is 11.7 Å². The third-order valence-corrected chi connectivity index (χ3v) is 3.55. The van der Waals surface area contributed by atoms with Gasteiger partial charge >= 0.3 is 5.97 Å². The lowest BCUT2D eigenvalue weighted by Crippen LogP contribution is -2.48. The van der Waals surface area contributed by atoms with Gasteiger partial charge in [0.1, 0.15) is 5.54 Å². The molecule has 0 amide bonds. The zero-order valence-electron chi connectivity index (χ0n) is 10.7. The Morgan fingerprint density at radius 3 is 2.81 bits per heavy atom. The fourth-order valence-electron chi connectivity index (χ4n) is 2.17. The topological polar surface area (TPSA) is 55.6 Å². The number of ether oxygens (including phenoxy) is 1. The van der Waals surface area contributed by atoms with E-state index >= 15 is 0 Å². The van der Waals surface area contributed by atoms with Crippen LogP contribution in [-0.2, 0) is 9.53 Å². The van der Waals surface area contributed by atoms with Gasteiger partial charge in [0, 0.05) is 13.1 Å². The van der Waals surface area contributed by atoms with Gasteiger partial charge in [0.2, 0.25) is 0 Å². The fourth-order valence-corrected chi connectivity index (χ4v) is 2.17. The van der Waals surface area contributed by atoms with E-state index < -0.39 is 5.54 Å². The molecule has 0 aromatic rings. The molecule has 94 valence electrons. The molecular weight excluding hydrogens is 204 g/mol. The highest BCUT2D eigenvalue weighted by atomic mass is 16.5. The standard InChI is InChI=1S/C12H24N2O2/c1-4-10-5-7-14(9-10)8-6-12(2,13)11(15)16-3/h10H,4-9,13H2,1-3H3. The van der Waals surface area contributed by atoms with Crippen molar-refractivity contribution in [3.8, 4) is 0 Å². The van der Waals surface area contributed by atoms with Crippen LogP contribution in [0.2, 0.25) is 0 Å². The molecule has 1 fully saturated rings. The van der Waals surface area contributed by atoms with Crippen LogP contribution in [0.25, 0.3) is 0 Å². The second-order valence-electron chi connectivity index (χ2n) is 5.02. The predicted molar refractivity (Wildman–Crippen MR) is 64.1 cm³/mol. The summed E-state index contributed by atoms with van der Waals surface area (Å²) in [6.45, 7) is 7.14. The maximum Gasteiger partial charge on any atom is 0.325 e. The second kappa shape index (κ2) is 5.64. The maximum atomic E-state index is 11.4. The van der Waals surface area contributed by atoms with Crippen LogP contribution in [0.4, 0.5) is 0 Å². The Kier molecular flexibility index (Phi) is 4.74. The van der Waals surface area contributed by atoms with Crippen LogP contribution >= 0.6 is 0 Å². The van der Waals surface area contributed by atoms with E-state index in [-0.39, 0.29) is 5.97 Å². The monoisotopic (exact) mass is 228 g/mol. The number of rotatable bonds is 5. The summed E-state index contributed by atoms with van der Waals surface area (Å²) in [5.41, 5.74) is 5.07. The minimum Gasteiger partial charge on any atom is -0.468 e. The van der Waals surface area contributed by atoms with E-state index in [1.807, 2.05) is 0 Å². The Morgan fingerprint density at radius 1 is 1.62 bits per heavy atom. The quantitative estimate of drug-likeness (QED) is 0.713. The molecule has 0 aromatic heterocycles. The lowest BCUT2D eigenvalue weighted by molar-refractivity contribution is -0.146. The lowest BCUT2D eigenvalue weighted by atomic mass is 9.99. The first-order valence-corrected chi connectivity index (χ1v) is 6.09. The van der Waals surface area contributed by atoms with Crippen molar-refractivity contribution in [1.29, 1.82) is 0 Å². The number of carbonyl (C=O) groups excluding carboxylic acids is 1. The fraction of sp³-hybridized carbons (Fsp3) is 0.917. The molecule has 1 aliphatic heterocycles. The van der Waals surface area contributed by atoms with Crippen molar-refractivity contribution in [3.05, 3.63) is 0 Å². The van der Waals surface area contributed by atoms with Crippen LogP contribution in [0.1, 0.15) is 33.1 Å². The van der Waals surface area contributed by atoms with Gasteiger partial charge in [-0.05, 0) is 32.2 Å². The molecule has 0 saturated carbocycles. The van der Waals surface area contributed by atoms with Gasteiger partial charge in [-0.2, -0.15) is 0 Å². The Bertz CT molecular complexity index is 241. The highest BCUT2D eigenvalue weighted by Crippen LogP contribution is 2.20. The molecule has 0 radical (unpaired) electrons. The molecule has 0 aromatic carbocycles. The number of carbonyl (C=O) groups is 1. The van der Waals surface area contributed by atoms with Gasteiger partial charge in [-0.25, -0.2) is 0 Å². The average molecular weight is 228 g/mol. The molecule has 1 heterocycles. The van der Waals surface area contributed by atoms with E-state index in [4.69, 9.17) is 10.5 Å². The lowest BCUT2D eigenvalue weighted by Gasteiger charge is -2.24. The van der Waals surface area contributed by atoms with Crippen molar-refractivity contribution >= 4 is 5.97 Å². The zero-order valence-corrected chi connectivity index (χ0v) is 10.7. The van der Waals surface area contributed by atoms with Crippen LogP contribution in [0.15, 0.2) is 0 Å². The van der Waals surface area contributed by atoms with E-state index in [0.29, 0.717) is 6.42 Å². The molecule has 1 rings (SSSR count). The summed E-state index contributed by atoms with van der Waals surface area (Å²) in [4.78, 5) is 13.8. The summed E-state index contributed by atoms with van der Waals surface area (Å²) in [7, 11) is 1.39. The van der Waals surface area contributed by atoms with Gasteiger partial charge in [0.05, 0.1) is 7.11 Å². The summed E-state index contributed by atoms with van der Waals surface area (Å²) in [6, 6.07) is 0. The molecule has 2 atom stereocenters. The van der Waals surface area contributed by atoms with Crippen LogP contribution in [0.3, 0.4) is 0 Å². The molecule has 0 spiro atoms. The molecule has 2 N–H and O–H groups in total.